The van der Waals surface area contributed by atoms with E-state index in [1.165, 1.54) is 6.33 Å². The second kappa shape index (κ2) is 9.21. The highest BCUT2D eigenvalue weighted by molar-refractivity contribution is 6.32. The Labute approximate surface area is 211 Å². The minimum absolute atomic E-state index is 0.244. The molecule has 4 heterocycles. The van der Waals surface area contributed by atoms with Gasteiger partial charge in [0.05, 0.1) is 41.2 Å². The van der Waals surface area contributed by atoms with Gasteiger partial charge in [-0.1, -0.05) is 11.6 Å². The molecule has 0 spiro atoms. The van der Waals surface area contributed by atoms with E-state index in [2.05, 4.69) is 25.3 Å². The van der Waals surface area contributed by atoms with Crippen LogP contribution in [0.3, 0.4) is 0 Å². The molecule has 0 radical (unpaired) electrons. The van der Waals surface area contributed by atoms with Crippen LogP contribution in [0.4, 0.5) is 17.5 Å². The van der Waals surface area contributed by atoms with Gasteiger partial charge in [0.2, 0.25) is 5.95 Å². The molecular formula is C25H23ClN8O2. The fourth-order valence-electron chi connectivity index (χ4n) is 4.20. The lowest BCUT2D eigenvalue weighted by molar-refractivity contribution is 0.193. The molecule has 6 rings (SSSR count). The number of aryl methyl sites for hydroxylation is 1. The summed E-state index contributed by atoms with van der Waals surface area (Å²) in [6, 6.07) is 11.5. The van der Waals surface area contributed by atoms with E-state index in [9.17, 15) is 0 Å². The van der Waals surface area contributed by atoms with Gasteiger partial charge in [-0.05, 0) is 36.8 Å². The minimum atomic E-state index is 0.244. The summed E-state index contributed by atoms with van der Waals surface area (Å²) >= 11 is 6.56. The number of benzene rings is 2. The first-order valence-electron chi connectivity index (χ1n) is 11.5. The molecule has 36 heavy (non-hydrogen) atoms. The molecule has 2 aromatic carbocycles. The van der Waals surface area contributed by atoms with E-state index in [-0.39, 0.29) is 6.04 Å². The van der Waals surface area contributed by atoms with E-state index in [0.29, 0.717) is 45.9 Å². The molecule has 0 aliphatic carbocycles. The van der Waals surface area contributed by atoms with E-state index in [1.54, 1.807) is 18.6 Å². The number of ether oxygens (including phenoxy) is 2. The maximum absolute atomic E-state index is 6.56. The van der Waals surface area contributed by atoms with E-state index in [4.69, 9.17) is 26.1 Å². The summed E-state index contributed by atoms with van der Waals surface area (Å²) in [4.78, 5) is 24.4. The predicted octanol–water partition coefficient (Wildman–Crippen LogP) is 4.72. The second-order valence-corrected chi connectivity index (χ2v) is 9.04. The maximum Gasteiger partial charge on any atom is 0.226 e. The van der Waals surface area contributed by atoms with Crippen molar-refractivity contribution in [3.05, 3.63) is 60.3 Å². The third-order valence-electron chi connectivity index (χ3n) is 6.25. The molecule has 1 saturated heterocycles. The predicted molar refractivity (Wildman–Crippen MR) is 138 cm³/mol. The van der Waals surface area contributed by atoms with Gasteiger partial charge in [0.1, 0.15) is 28.9 Å². The Morgan fingerprint density at radius 1 is 1.11 bits per heavy atom. The van der Waals surface area contributed by atoms with Crippen LogP contribution in [0.2, 0.25) is 5.02 Å². The topological polar surface area (TPSA) is 103 Å². The third-order valence-corrected chi connectivity index (χ3v) is 6.55. The van der Waals surface area contributed by atoms with Crippen LogP contribution in [0, 0.1) is 0 Å². The molecule has 1 unspecified atom stereocenters. The Kier molecular flexibility index (Phi) is 5.74. The molecule has 10 nitrogen and oxygen atoms in total. The number of nitrogens with one attached hydrogen (secondary N) is 1. The van der Waals surface area contributed by atoms with E-state index in [1.807, 2.05) is 53.9 Å². The molecule has 1 aliphatic rings. The van der Waals surface area contributed by atoms with Crippen LogP contribution in [0.15, 0.2) is 55.2 Å². The molecule has 1 aliphatic heterocycles. The van der Waals surface area contributed by atoms with Gasteiger partial charge < -0.3 is 24.3 Å². The van der Waals surface area contributed by atoms with Gasteiger partial charge in [-0.15, -0.1) is 0 Å². The first-order chi connectivity index (χ1) is 17.5. The Morgan fingerprint density at radius 2 is 2.03 bits per heavy atom. The van der Waals surface area contributed by atoms with Gasteiger partial charge in [-0.25, -0.2) is 24.9 Å². The molecule has 0 amide bonds. The highest BCUT2D eigenvalue weighted by atomic mass is 35.5. The number of fused-ring (bicyclic) bond motifs is 2. The van der Waals surface area contributed by atoms with E-state index < -0.39 is 0 Å². The van der Waals surface area contributed by atoms with Crippen LogP contribution in [-0.4, -0.2) is 55.8 Å². The average Bonchev–Trinajstić information content (AvgIpc) is 3.56. The Balaban J connectivity index is 1.24. The van der Waals surface area contributed by atoms with Crippen molar-refractivity contribution in [2.24, 2.45) is 7.05 Å². The smallest absolute Gasteiger partial charge is 0.226 e. The van der Waals surface area contributed by atoms with Crippen molar-refractivity contribution < 1.29 is 9.47 Å². The number of rotatable bonds is 6. The van der Waals surface area contributed by atoms with Crippen molar-refractivity contribution in [1.82, 2.24) is 29.5 Å². The van der Waals surface area contributed by atoms with Crippen LogP contribution in [0.25, 0.3) is 22.1 Å². The van der Waals surface area contributed by atoms with Gasteiger partial charge >= 0.3 is 0 Å². The molecular weight excluding hydrogens is 480 g/mol. The van der Waals surface area contributed by atoms with Crippen molar-refractivity contribution in [3.8, 4) is 11.5 Å². The molecule has 3 aromatic heterocycles. The van der Waals surface area contributed by atoms with Gasteiger partial charge in [-0.3, -0.25) is 0 Å². The SMILES string of the molecule is CN(c1ncc2ncnc(Nc3ccc(Oc4ccc5c(c4)ncn5C)c(Cl)c3)c2n1)C1CCOC1. The summed E-state index contributed by atoms with van der Waals surface area (Å²) in [6.07, 6.45) is 5.90. The maximum atomic E-state index is 6.56. The van der Waals surface area contributed by atoms with Gasteiger partial charge in [0, 0.05) is 32.5 Å². The first kappa shape index (κ1) is 22.4. The zero-order valence-corrected chi connectivity index (χ0v) is 20.5. The molecule has 1 atom stereocenters. The largest absolute Gasteiger partial charge is 0.456 e. The summed E-state index contributed by atoms with van der Waals surface area (Å²) in [5, 5.41) is 3.76. The van der Waals surface area contributed by atoms with Crippen molar-refractivity contribution in [1.29, 1.82) is 0 Å². The van der Waals surface area contributed by atoms with Crippen molar-refractivity contribution in [2.75, 3.05) is 30.5 Å². The zero-order chi connectivity index (χ0) is 24.6. The molecule has 0 saturated carbocycles. The monoisotopic (exact) mass is 502 g/mol. The number of aromatic nitrogens is 6. The quantitative estimate of drug-likeness (QED) is 0.353. The zero-order valence-electron chi connectivity index (χ0n) is 19.7. The standard InChI is InChI=1S/C25H23ClN8O2/c1-33-14-30-19-10-17(4-5-21(19)33)36-22-6-3-15(9-18(22)26)31-24-23-20(28-13-29-24)11-27-25(32-23)34(2)16-7-8-35-12-16/h3-6,9-11,13-14,16H,7-8,12H2,1-2H3,(H,28,29,31). The van der Waals surface area contributed by atoms with E-state index >= 15 is 0 Å². The Hall–Kier alpha value is -4.02. The van der Waals surface area contributed by atoms with Crippen LogP contribution in [0.1, 0.15) is 6.42 Å². The lowest BCUT2D eigenvalue weighted by Crippen LogP contribution is -2.33. The number of imidazole rings is 1. The Morgan fingerprint density at radius 3 is 2.86 bits per heavy atom. The van der Waals surface area contributed by atoms with Crippen molar-refractivity contribution in [3.63, 3.8) is 0 Å². The van der Waals surface area contributed by atoms with Crippen LogP contribution in [0.5, 0.6) is 11.5 Å². The average molecular weight is 503 g/mol. The van der Waals surface area contributed by atoms with Crippen LogP contribution < -0.4 is 15.0 Å². The number of likely N-dealkylation sites (N-methyl/N-ethyl adjacent to an activating group) is 1. The summed E-state index contributed by atoms with van der Waals surface area (Å²) in [6.45, 7) is 1.41. The fraction of sp³-hybridized carbons (Fsp3) is 0.240. The number of hydrogen-bond donors (Lipinski definition) is 1. The number of halogens is 1. The second-order valence-electron chi connectivity index (χ2n) is 8.63. The van der Waals surface area contributed by atoms with Crippen molar-refractivity contribution >= 4 is 51.1 Å². The number of hydrogen-bond acceptors (Lipinski definition) is 9. The minimum Gasteiger partial charge on any atom is -0.456 e. The molecule has 1 N–H and O–H groups in total. The molecule has 182 valence electrons. The summed E-state index contributed by atoms with van der Waals surface area (Å²) < 4.78 is 13.5. The first-order valence-corrected chi connectivity index (χ1v) is 11.9. The molecule has 5 aromatic rings. The lowest BCUT2D eigenvalue weighted by atomic mass is 10.2. The molecule has 0 bridgehead atoms. The van der Waals surface area contributed by atoms with Gasteiger partial charge in [0.15, 0.2) is 5.82 Å². The van der Waals surface area contributed by atoms with Crippen LogP contribution >= 0.6 is 11.6 Å². The number of nitrogens with zero attached hydrogens (tertiary/aromatic N) is 7. The highest BCUT2D eigenvalue weighted by Gasteiger charge is 2.23. The third kappa shape index (κ3) is 4.25. The van der Waals surface area contributed by atoms with Crippen molar-refractivity contribution in [2.45, 2.75) is 12.5 Å². The van der Waals surface area contributed by atoms with Gasteiger partial charge in [0.25, 0.3) is 0 Å². The highest BCUT2D eigenvalue weighted by Crippen LogP contribution is 2.34. The normalized spacial score (nSPS) is 15.5. The summed E-state index contributed by atoms with van der Waals surface area (Å²) in [5.74, 6) is 2.36. The summed E-state index contributed by atoms with van der Waals surface area (Å²) in [5.41, 5.74) is 3.88. The fourth-order valence-corrected chi connectivity index (χ4v) is 4.42. The van der Waals surface area contributed by atoms with Crippen LogP contribution in [-0.2, 0) is 11.8 Å². The molecule has 1 fully saturated rings. The Bertz CT molecular complexity index is 1570. The van der Waals surface area contributed by atoms with E-state index in [0.717, 1.165) is 29.7 Å². The lowest BCUT2D eigenvalue weighted by Gasteiger charge is -2.23. The number of anilines is 3. The molecule has 11 heteroatoms. The van der Waals surface area contributed by atoms with Gasteiger partial charge in [-0.2, -0.15) is 0 Å². The summed E-state index contributed by atoms with van der Waals surface area (Å²) in [7, 11) is 3.93.